The molecule has 0 aromatic rings. The van der Waals surface area contributed by atoms with Gasteiger partial charge in [-0.1, -0.05) is 0 Å². The molecular weight excluding hydrogens is 284 g/mol. The van der Waals surface area contributed by atoms with Crippen LogP contribution in [0.2, 0.25) is 0 Å². The lowest BCUT2D eigenvalue weighted by molar-refractivity contribution is -0.131. The molecule has 2 rings (SSSR count). The number of carbonyl (C=O) groups excluding carboxylic acids is 3. The molecule has 0 saturated carbocycles. The zero-order valence-corrected chi connectivity index (χ0v) is 13.3. The van der Waals surface area contributed by atoms with Gasteiger partial charge in [0, 0.05) is 59.2 Å². The highest BCUT2D eigenvalue weighted by Gasteiger charge is 2.21. The zero-order valence-electron chi connectivity index (χ0n) is 13.3. The van der Waals surface area contributed by atoms with Crippen LogP contribution in [0, 0.1) is 0 Å². The molecular formula is C15H26N4O3. The SMILES string of the molecule is CC(=O)N1CCN(CC(=O)NCCCN2CCCC2=O)CC1. The van der Waals surface area contributed by atoms with Gasteiger partial charge in [0.2, 0.25) is 17.7 Å². The van der Waals surface area contributed by atoms with E-state index in [4.69, 9.17) is 0 Å². The van der Waals surface area contributed by atoms with Gasteiger partial charge in [-0.05, 0) is 12.8 Å². The Labute approximate surface area is 131 Å². The summed E-state index contributed by atoms with van der Waals surface area (Å²) in [6.07, 6.45) is 2.42. The minimum absolute atomic E-state index is 0.0176. The van der Waals surface area contributed by atoms with Gasteiger partial charge in [-0.2, -0.15) is 0 Å². The van der Waals surface area contributed by atoms with Crippen LogP contribution in [0.4, 0.5) is 0 Å². The van der Waals surface area contributed by atoms with Gasteiger partial charge >= 0.3 is 0 Å². The smallest absolute Gasteiger partial charge is 0.234 e. The van der Waals surface area contributed by atoms with Crippen LogP contribution >= 0.6 is 0 Å². The molecule has 0 aromatic carbocycles. The molecule has 7 heteroatoms. The number of piperazine rings is 1. The van der Waals surface area contributed by atoms with E-state index in [2.05, 4.69) is 10.2 Å². The largest absolute Gasteiger partial charge is 0.355 e. The summed E-state index contributed by atoms with van der Waals surface area (Å²) in [6, 6.07) is 0. The second kappa shape index (κ2) is 8.12. The first kappa shape index (κ1) is 16.7. The molecule has 0 aromatic heterocycles. The van der Waals surface area contributed by atoms with Crippen LogP contribution < -0.4 is 5.32 Å². The minimum Gasteiger partial charge on any atom is -0.355 e. The van der Waals surface area contributed by atoms with Gasteiger partial charge in [0.25, 0.3) is 0 Å². The van der Waals surface area contributed by atoms with Crippen LogP contribution in [-0.2, 0) is 14.4 Å². The molecule has 1 N–H and O–H groups in total. The summed E-state index contributed by atoms with van der Waals surface area (Å²) in [5.74, 6) is 0.347. The summed E-state index contributed by atoms with van der Waals surface area (Å²) in [4.78, 5) is 40.3. The Morgan fingerprint density at radius 3 is 2.45 bits per heavy atom. The van der Waals surface area contributed by atoms with Crippen molar-refractivity contribution in [3.63, 3.8) is 0 Å². The highest BCUT2D eigenvalue weighted by atomic mass is 16.2. The second-order valence-corrected chi connectivity index (χ2v) is 5.97. The molecule has 7 nitrogen and oxygen atoms in total. The highest BCUT2D eigenvalue weighted by Crippen LogP contribution is 2.09. The van der Waals surface area contributed by atoms with Crippen molar-refractivity contribution in [2.24, 2.45) is 0 Å². The average Bonchev–Trinajstić information content (AvgIpc) is 2.89. The van der Waals surface area contributed by atoms with Crippen molar-refractivity contribution < 1.29 is 14.4 Å². The molecule has 2 aliphatic heterocycles. The Kier molecular flexibility index (Phi) is 6.18. The van der Waals surface area contributed by atoms with Crippen molar-refractivity contribution in [1.82, 2.24) is 20.0 Å². The summed E-state index contributed by atoms with van der Waals surface area (Å²) in [5.41, 5.74) is 0. The van der Waals surface area contributed by atoms with Crippen molar-refractivity contribution in [1.29, 1.82) is 0 Å². The summed E-state index contributed by atoms with van der Waals surface area (Å²) < 4.78 is 0. The Morgan fingerprint density at radius 1 is 1.14 bits per heavy atom. The number of nitrogens with zero attached hydrogens (tertiary/aromatic N) is 3. The molecule has 3 amide bonds. The number of likely N-dealkylation sites (tertiary alicyclic amines) is 1. The number of carbonyl (C=O) groups is 3. The van der Waals surface area contributed by atoms with Crippen LogP contribution in [0.15, 0.2) is 0 Å². The number of hydrogen-bond acceptors (Lipinski definition) is 4. The molecule has 0 spiro atoms. The van der Waals surface area contributed by atoms with E-state index in [0.717, 1.165) is 39.0 Å². The van der Waals surface area contributed by atoms with Crippen molar-refractivity contribution in [2.75, 3.05) is 52.4 Å². The van der Waals surface area contributed by atoms with Crippen LogP contribution in [0.3, 0.4) is 0 Å². The van der Waals surface area contributed by atoms with E-state index in [1.54, 1.807) is 6.92 Å². The van der Waals surface area contributed by atoms with Gasteiger partial charge in [0.1, 0.15) is 0 Å². The Bertz CT molecular complexity index is 419. The normalized spacial score (nSPS) is 19.6. The Balaban J connectivity index is 1.54. The maximum atomic E-state index is 11.9. The summed E-state index contributed by atoms with van der Waals surface area (Å²) >= 11 is 0. The fourth-order valence-corrected chi connectivity index (χ4v) is 2.92. The molecule has 22 heavy (non-hydrogen) atoms. The van der Waals surface area contributed by atoms with Gasteiger partial charge in [-0.3, -0.25) is 19.3 Å². The van der Waals surface area contributed by atoms with Gasteiger partial charge in [-0.15, -0.1) is 0 Å². The van der Waals surface area contributed by atoms with Crippen LogP contribution in [-0.4, -0.2) is 84.8 Å². The van der Waals surface area contributed by atoms with E-state index in [9.17, 15) is 14.4 Å². The van der Waals surface area contributed by atoms with Gasteiger partial charge in [0.15, 0.2) is 0 Å². The lowest BCUT2D eigenvalue weighted by Gasteiger charge is -2.33. The molecule has 2 aliphatic rings. The minimum atomic E-state index is 0.0176. The fourth-order valence-electron chi connectivity index (χ4n) is 2.92. The highest BCUT2D eigenvalue weighted by molar-refractivity contribution is 5.78. The van der Waals surface area contributed by atoms with Crippen LogP contribution in [0.25, 0.3) is 0 Å². The van der Waals surface area contributed by atoms with Gasteiger partial charge < -0.3 is 15.1 Å². The number of nitrogens with one attached hydrogen (secondary N) is 1. The predicted octanol–water partition coefficient (Wildman–Crippen LogP) is -0.721. The Hall–Kier alpha value is -1.63. The van der Waals surface area contributed by atoms with E-state index < -0.39 is 0 Å². The second-order valence-electron chi connectivity index (χ2n) is 5.97. The quantitative estimate of drug-likeness (QED) is 0.657. The van der Waals surface area contributed by atoms with Crippen LogP contribution in [0.5, 0.6) is 0 Å². The van der Waals surface area contributed by atoms with E-state index in [0.29, 0.717) is 32.6 Å². The Morgan fingerprint density at radius 2 is 1.86 bits per heavy atom. The average molecular weight is 310 g/mol. The first-order chi connectivity index (χ1) is 10.6. The molecule has 124 valence electrons. The maximum Gasteiger partial charge on any atom is 0.234 e. The van der Waals surface area contributed by atoms with Crippen molar-refractivity contribution in [3.05, 3.63) is 0 Å². The molecule has 0 unspecified atom stereocenters. The molecule has 0 bridgehead atoms. The molecule has 0 atom stereocenters. The van der Waals surface area contributed by atoms with Crippen molar-refractivity contribution in [2.45, 2.75) is 26.2 Å². The molecule has 2 fully saturated rings. The molecule has 2 heterocycles. The molecule has 2 saturated heterocycles. The third-order valence-electron chi connectivity index (χ3n) is 4.28. The fraction of sp³-hybridized carbons (Fsp3) is 0.800. The lowest BCUT2D eigenvalue weighted by atomic mass is 10.3. The van der Waals surface area contributed by atoms with Crippen LogP contribution in [0.1, 0.15) is 26.2 Å². The van der Waals surface area contributed by atoms with Crippen molar-refractivity contribution >= 4 is 17.7 Å². The number of hydrogen-bond donors (Lipinski definition) is 1. The summed E-state index contributed by atoms with van der Waals surface area (Å²) in [6.45, 7) is 7.03. The topological polar surface area (TPSA) is 73.0 Å². The van der Waals surface area contributed by atoms with E-state index in [-0.39, 0.29) is 17.7 Å². The maximum absolute atomic E-state index is 11.9. The van der Waals surface area contributed by atoms with Crippen molar-refractivity contribution in [3.8, 4) is 0 Å². The first-order valence-corrected chi connectivity index (χ1v) is 8.08. The lowest BCUT2D eigenvalue weighted by Crippen LogP contribution is -2.50. The molecule has 0 radical (unpaired) electrons. The molecule has 0 aliphatic carbocycles. The third-order valence-corrected chi connectivity index (χ3v) is 4.28. The monoisotopic (exact) mass is 310 g/mol. The number of rotatable bonds is 6. The third kappa shape index (κ3) is 4.98. The standard InChI is InChI=1S/C15H26N4O3/c1-13(20)18-10-8-17(9-11-18)12-14(21)16-5-3-7-19-6-2-4-15(19)22/h2-12H2,1H3,(H,16,21). The predicted molar refractivity (Wildman–Crippen MR) is 82.1 cm³/mol. The van der Waals surface area contributed by atoms with Gasteiger partial charge in [0.05, 0.1) is 6.54 Å². The van der Waals surface area contributed by atoms with E-state index in [1.165, 1.54) is 0 Å². The van der Waals surface area contributed by atoms with Gasteiger partial charge in [-0.25, -0.2) is 0 Å². The first-order valence-electron chi connectivity index (χ1n) is 8.08. The summed E-state index contributed by atoms with van der Waals surface area (Å²) in [5, 5.41) is 2.90. The van der Waals surface area contributed by atoms with E-state index >= 15 is 0 Å². The summed E-state index contributed by atoms with van der Waals surface area (Å²) in [7, 11) is 0. The number of amides is 3. The van der Waals surface area contributed by atoms with E-state index in [1.807, 2.05) is 9.80 Å². The zero-order chi connectivity index (χ0) is 15.9.